The summed E-state index contributed by atoms with van der Waals surface area (Å²) in [7, 11) is -4.05. The van der Waals surface area contributed by atoms with Crippen LogP contribution in [0.4, 0.5) is 10.1 Å². The number of rotatable bonds is 3. The molecular weight excluding hydrogens is 529 g/mol. The van der Waals surface area contributed by atoms with Crippen molar-refractivity contribution in [2.75, 3.05) is 57.4 Å². The van der Waals surface area contributed by atoms with Crippen LogP contribution in [0.3, 0.4) is 0 Å². The highest BCUT2D eigenvalue weighted by molar-refractivity contribution is 7.89. The predicted molar refractivity (Wildman–Crippen MR) is 142 cm³/mol. The van der Waals surface area contributed by atoms with Crippen LogP contribution in [-0.2, 0) is 21.3 Å². The number of aliphatic hydroxyl groups excluding tert-OH is 3. The largest absolute Gasteiger partial charge is 0.491 e. The number of aliphatic hydroxyl groups is 3. The molecule has 1 saturated heterocycles. The van der Waals surface area contributed by atoms with Crippen molar-refractivity contribution in [1.82, 2.24) is 9.62 Å². The second kappa shape index (κ2) is 11.7. The second-order valence-electron chi connectivity index (χ2n) is 10.8. The monoisotopic (exact) mass is 565 g/mol. The highest BCUT2D eigenvalue weighted by atomic mass is 32.2. The summed E-state index contributed by atoms with van der Waals surface area (Å²) in [6.45, 7) is 2.69. The van der Waals surface area contributed by atoms with Gasteiger partial charge in [0, 0.05) is 62.0 Å². The van der Waals surface area contributed by atoms with E-state index in [0.29, 0.717) is 31.9 Å². The van der Waals surface area contributed by atoms with E-state index >= 15 is 0 Å². The molecule has 4 N–H and O–H groups in total. The molecule has 2 fully saturated rings. The fourth-order valence-corrected chi connectivity index (χ4v) is 6.99. The number of nitrogens with zero attached hydrogens (tertiary/aromatic N) is 2. The number of halogens is 1. The van der Waals surface area contributed by atoms with Crippen molar-refractivity contribution in [3.63, 3.8) is 0 Å². The quantitative estimate of drug-likeness (QED) is 0.425. The average Bonchev–Trinajstić information content (AvgIpc) is 3.20. The first kappa shape index (κ1) is 28.2. The van der Waals surface area contributed by atoms with Crippen LogP contribution in [-0.4, -0.2) is 99.5 Å². The zero-order chi connectivity index (χ0) is 27.6. The molecular formula is C27H36FN3O7S. The Labute approximate surface area is 228 Å². The Kier molecular flexibility index (Phi) is 8.43. The van der Waals surface area contributed by atoms with Crippen LogP contribution < -0.4 is 14.4 Å². The van der Waals surface area contributed by atoms with E-state index < -0.39 is 33.8 Å². The number of morpholine rings is 1. The van der Waals surface area contributed by atoms with Crippen LogP contribution in [0.25, 0.3) is 0 Å². The third-order valence-corrected chi connectivity index (χ3v) is 9.21. The maximum atomic E-state index is 14.5. The minimum Gasteiger partial charge on any atom is -0.491 e. The molecule has 214 valence electrons. The Balaban J connectivity index is 1.50. The molecule has 10 nitrogen and oxygen atoms in total. The smallest absolute Gasteiger partial charge is 0.244 e. The lowest BCUT2D eigenvalue weighted by Crippen LogP contribution is -2.46. The first-order valence-corrected chi connectivity index (χ1v) is 14.7. The third-order valence-electron chi connectivity index (χ3n) is 7.74. The van der Waals surface area contributed by atoms with E-state index in [0.717, 1.165) is 5.69 Å². The minimum absolute atomic E-state index is 0.0140. The standard InChI is InChI=1S/C27H36FN3O7S/c28-22-4-2-1-3-19(22)15-30-16-21(32)14-29-39(35,36)26-6-5-20(31-7-9-37-10-8-31)11-25(26)38-18-27(17-30)12-23(33)24(34)13-27/h1-6,11,21,23-24,29,32-34H,7-10,12-18H2/t21-,23-,24+,27?/m0/s1. The summed E-state index contributed by atoms with van der Waals surface area (Å²) in [4.78, 5) is 3.87. The maximum Gasteiger partial charge on any atom is 0.244 e. The van der Waals surface area contributed by atoms with Crippen LogP contribution in [0.1, 0.15) is 18.4 Å². The molecule has 3 aliphatic rings. The van der Waals surface area contributed by atoms with E-state index in [9.17, 15) is 28.1 Å². The molecule has 2 aromatic rings. The van der Waals surface area contributed by atoms with Crippen LogP contribution in [0, 0.1) is 11.2 Å². The van der Waals surface area contributed by atoms with Gasteiger partial charge in [-0.2, -0.15) is 0 Å². The number of ether oxygens (including phenoxy) is 2. The van der Waals surface area contributed by atoms with Gasteiger partial charge in [0.2, 0.25) is 10.0 Å². The highest BCUT2D eigenvalue weighted by Crippen LogP contribution is 2.41. The number of β-amino-alcohol motifs (C(OH)–C–C–N with tert-alkyl or cyclic N) is 1. The Bertz CT molecular complexity index is 1250. The maximum absolute atomic E-state index is 14.5. The van der Waals surface area contributed by atoms with Gasteiger partial charge in [0.05, 0.1) is 38.1 Å². The number of hydrogen-bond acceptors (Lipinski definition) is 9. The molecule has 2 aromatic carbocycles. The zero-order valence-corrected chi connectivity index (χ0v) is 22.5. The zero-order valence-electron chi connectivity index (χ0n) is 21.7. The summed E-state index contributed by atoms with van der Waals surface area (Å²) in [5, 5.41) is 31.9. The molecule has 5 rings (SSSR count). The van der Waals surface area contributed by atoms with Crippen LogP contribution in [0.5, 0.6) is 5.75 Å². The highest BCUT2D eigenvalue weighted by Gasteiger charge is 2.46. The van der Waals surface area contributed by atoms with E-state index in [1.165, 1.54) is 12.1 Å². The molecule has 2 heterocycles. The van der Waals surface area contributed by atoms with Crippen molar-refractivity contribution in [3.8, 4) is 5.75 Å². The van der Waals surface area contributed by atoms with Crippen LogP contribution in [0.2, 0.25) is 0 Å². The summed E-state index contributed by atoms with van der Waals surface area (Å²) >= 11 is 0. The van der Waals surface area contributed by atoms with Crippen molar-refractivity contribution in [2.45, 2.75) is 42.6 Å². The normalized spacial score (nSPS) is 30.3. The number of sulfonamides is 1. The van der Waals surface area contributed by atoms with Gasteiger partial charge in [-0.15, -0.1) is 0 Å². The molecule has 0 amide bonds. The van der Waals surface area contributed by atoms with E-state index in [1.807, 2.05) is 4.90 Å². The lowest BCUT2D eigenvalue weighted by molar-refractivity contribution is 0.0422. The molecule has 0 bridgehead atoms. The van der Waals surface area contributed by atoms with Gasteiger partial charge in [0.25, 0.3) is 0 Å². The lowest BCUT2D eigenvalue weighted by Gasteiger charge is -2.37. The summed E-state index contributed by atoms with van der Waals surface area (Å²) in [5.74, 6) is -0.238. The van der Waals surface area contributed by atoms with Gasteiger partial charge in [0.15, 0.2) is 0 Å². The fraction of sp³-hybridized carbons (Fsp3) is 0.556. The van der Waals surface area contributed by atoms with Crippen molar-refractivity contribution in [2.24, 2.45) is 5.41 Å². The molecule has 1 spiro atoms. The lowest BCUT2D eigenvalue weighted by atomic mass is 9.85. The number of benzene rings is 2. The summed E-state index contributed by atoms with van der Waals surface area (Å²) < 4.78 is 55.3. The molecule has 0 aromatic heterocycles. The number of nitrogens with one attached hydrogen (secondary N) is 1. The Morgan fingerprint density at radius 1 is 1.05 bits per heavy atom. The molecule has 0 radical (unpaired) electrons. The van der Waals surface area contributed by atoms with E-state index in [1.54, 1.807) is 30.3 Å². The molecule has 4 atom stereocenters. The van der Waals surface area contributed by atoms with Crippen LogP contribution >= 0.6 is 0 Å². The summed E-state index contributed by atoms with van der Waals surface area (Å²) in [6.07, 6.45) is -2.63. The fourth-order valence-electron chi connectivity index (χ4n) is 5.79. The van der Waals surface area contributed by atoms with Gasteiger partial charge in [-0.25, -0.2) is 17.5 Å². The molecule has 1 aliphatic carbocycles. The Morgan fingerprint density at radius 2 is 1.77 bits per heavy atom. The topological polar surface area (TPSA) is 132 Å². The van der Waals surface area contributed by atoms with E-state index in [-0.39, 0.29) is 62.1 Å². The Morgan fingerprint density at radius 3 is 2.49 bits per heavy atom. The predicted octanol–water partition coefficient (Wildman–Crippen LogP) is 0.698. The van der Waals surface area contributed by atoms with Crippen LogP contribution in [0.15, 0.2) is 47.4 Å². The van der Waals surface area contributed by atoms with Gasteiger partial charge >= 0.3 is 0 Å². The van der Waals surface area contributed by atoms with Crippen molar-refractivity contribution in [1.29, 1.82) is 0 Å². The van der Waals surface area contributed by atoms with Gasteiger partial charge in [-0.05, 0) is 31.0 Å². The average molecular weight is 566 g/mol. The molecule has 2 aliphatic heterocycles. The molecule has 12 heteroatoms. The number of hydrogen-bond donors (Lipinski definition) is 4. The van der Waals surface area contributed by atoms with Crippen molar-refractivity contribution < 1.29 is 37.6 Å². The first-order valence-electron chi connectivity index (χ1n) is 13.2. The SMILES string of the molecule is O=S1(=O)NC[C@H](O)CN(Cc2ccccc2F)CC2(COc3cc(N4CCOCC4)ccc31)C[C@@H](O)[C@@H](O)C2. The molecule has 39 heavy (non-hydrogen) atoms. The first-order chi connectivity index (χ1) is 18.6. The summed E-state index contributed by atoms with van der Waals surface area (Å²) in [6, 6.07) is 11.3. The molecule has 1 unspecified atom stereocenters. The summed E-state index contributed by atoms with van der Waals surface area (Å²) in [5.41, 5.74) is 0.445. The third kappa shape index (κ3) is 6.54. The number of anilines is 1. The minimum atomic E-state index is -4.05. The van der Waals surface area contributed by atoms with E-state index in [2.05, 4.69) is 9.62 Å². The van der Waals surface area contributed by atoms with E-state index in [4.69, 9.17) is 9.47 Å². The van der Waals surface area contributed by atoms with Gasteiger partial charge < -0.3 is 29.7 Å². The molecule has 1 saturated carbocycles. The van der Waals surface area contributed by atoms with Gasteiger partial charge in [0.1, 0.15) is 16.5 Å². The van der Waals surface area contributed by atoms with Crippen molar-refractivity contribution >= 4 is 15.7 Å². The second-order valence-corrected chi connectivity index (χ2v) is 12.6. The van der Waals surface area contributed by atoms with Crippen molar-refractivity contribution in [3.05, 3.63) is 53.8 Å². The number of fused-ring (bicyclic) bond motifs is 1. The van der Waals surface area contributed by atoms with Gasteiger partial charge in [-0.3, -0.25) is 4.90 Å². The Hall–Kier alpha value is -2.32. The van der Waals surface area contributed by atoms with Gasteiger partial charge in [-0.1, -0.05) is 18.2 Å².